The van der Waals surface area contributed by atoms with E-state index in [4.69, 9.17) is 9.47 Å². The Morgan fingerprint density at radius 3 is 2.41 bits per heavy atom. The van der Waals surface area contributed by atoms with E-state index in [1.807, 2.05) is 18.2 Å². The standard InChI is InChI=1S/C25H30O4/c1-3-4-18-5-9-20(10-6-18)24-14-13-23(15-22(24)16-26)29-17-19-7-11-21(12-8-19)25(27)28-2/h5-6,9-10,13-16,19,21H,3-4,7-8,11-12,17H2,1-2H3. The predicted octanol–water partition coefficient (Wildman–Crippen LogP) is 5.48. The fraction of sp³-hybridized carbons (Fsp3) is 0.440. The molecule has 0 heterocycles. The minimum Gasteiger partial charge on any atom is -0.493 e. The Kier molecular flexibility index (Phi) is 7.45. The van der Waals surface area contributed by atoms with Gasteiger partial charge in [0.2, 0.25) is 0 Å². The van der Waals surface area contributed by atoms with Crippen LogP contribution in [0.15, 0.2) is 42.5 Å². The van der Waals surface area contributed by atoms with Crippen molar-refractivity contribution in [3.05, 3.63) is 53.6 Å². The molecule has 1 saturated carbocycles. The van der Waals surface area contributed by atoms with Gasteiger partial charge in [-0.25, -0.2) is 0 Å². The highest BCUT2D eigenvalue weighted by Crippen LogP contribution is 2.31. The summed E-state index contributed by atoms with van der Waals surface area (Å²) >= 11 is 0. The number of rotatable bonds is 8. The number of methoxy groups -OCH3 is 1. The summed E-state index contributed by atoms with van der Waals surface area (Å²) in [5.41, 5.74) is 3.92. The third kappa shape index (κ3) is 5.47. The van der Waals surface area contributed by atoms with Crippen LogP contribution in [-0.2, 0) is 16.0 Å². The minimum absolute atomic E-state index is 0.0286. The summed E-state index contributed by atoms with van der Waals surface area (Å²) in [5, 5.41) is 0. The fourth-order valence-corrected chi connectivity index (χ4v) is 4.08. The van der Waals surface area contributed by atoms with Crippen molar-refractivity contribution in [1.82, 2.24) is 0 Å². The Balaban J connectivity index is 1.60. The molecule has 2 aromatic rings. The average molecular weight is 395 g/mol. The summed E-state index contributed by atoms with van der Waals surface area (Å²) in [6.45, 7) is 2.78. The van der Waals surface area contributed by atoms with E-state index >= 15 is 0 Å². The van der Waals surface area contributed by atoms with Gasteiger partial charge in [0, 0.05) is 5.56 Å². The zero-order valence-electron chi connectivity index (χ0n) is 17.4. The van der Waals surface area contributed by atoms with Gasteiger partial charge in [-0.15, -0.1) is 0 Å². The van der Waals surface area contributed by atoms with Crippen LogP contribution in [0.2, 0.25) is 0 Å². The molecule has 0 spiro atoms. The first-order valence-corrected chi connectivity index (χ1v) is 10.5. The maximum Gasteiger partial charge on any atom is 0.308 e. The molecule has 0 aromatic heterocycles. The quantitative estimate of drug-likeness (QED) is 0.440. The molecular formula is C25H30O4. The first-order valence-electron chi connectivity index (χ1n) is 10.5. The van der Waals surface area contributed by atoms with E-state index in [9.17, 15) is 9.59 Å². The van der Waals surface area contributed by atoms with Gasteiger partial charge in [0.25, 0.3) is 0 Å². The Morgan fingerprint density at radius 2 is 1.79 bits per heavy atom. The molecule has 0 unspecified atom stereocenters. The van der Waals surface area contributed by atoms with Crippen molar-refractivity contribution in [1.29, 1.82) is 0 Å². The van der Waals surface area contributed by atoms with E-state index in [-0.39, 0.29) is 11.9 Å². The lowest BCUT2D eigenvalue weighted by molar-refractivity contribution is -0.146. The third-order valence-corrected chi connectivity index (χ3v) is 5.82. The SMILES string of the molecule is CCCc1ccc(-c2ccc(OCC3CCC(C(=O)OC)CC3)cc2C=O)cc1. The highest BCUT2D eigenvalue weighted by molar-refractivity contribution is 5.88. The van der Waals surface area contributed by atoms with E-state index < -0.39 is 0 Å². The third-order valence-electron chi connectivity index (χ3n) is 5.82. The lowest BCUT2D eigenvalue weighted by Gasteiger charge is -2.26. The number of carbonyl (C=O) groups excluding carboxylic acids is 2. The number of aldehydes is 1. The van der Waals surface area contributed by atoms with Crippen molar-refractivity contribution in [2.75, 3.05) is 13.7 Å². The molecule has 0 N–H and O–H groups in total. The number of esters is 1. The van der Waals surface area contributed by atoms with Crippen molar-refractivity contribution >= 4 is 12.3 Å². The van der Waals surface area contributed by atoms with E-state index in [1.165, 1.54) is 12.7 Å². The predicted molar refractivity (Wildman–Crippen MR) is 114 cm³/mol. The topological polar surface area (TPSA) is 52.6 Å². The molecule has 1 aliphatic carbocycles. The number of hydrogen-bond acceptors (Lipinski definition) is 4. The molecule has 0 amide bonds. The maximum absolute atomic E-state index is 11.7. The van der Waals surface area contributed by atoms with Crippen molar-refractivity contribution in [3.63, 3.8) is 0 Å². The molecule has 0 bridgehead atoms. The Labute approximate surface area is 173 Å². The monoisotopic (exact) mass is 394 g/mol. The molecule has 2 aromatic carbocycles. The van der Waals surface area contributed by atoms with Gasteiger partial charge < -0.3 is 9.47 Å². The van der Waals surface area contributed by atoms with Crippen LogP contribution in [0, 0.1) is 11.8 Å². The molecule has 3 rings (SSSR count). The van der Waals surface area contributed by atoms with Crippen LogP contribution in [0.4, 0.5) is 0 Å². The summed E-state index contributed by atoms with van der Waals surface area (Å²) in [6.07, 6.45) is 6.71. The Hall–Kier alpha value is -2.62. The largest absolute Gasteiger partial charge is 0.493 e. The van der Waals surface area contributed by atoms with Crippen LogP contribution in [0.3, 0.4) is 0 Å². The van der Waals surface area contributed by atoms with Gasteiger partial charge >= 0.3 is 5.97 Å². The second kappa shape index (κ2) is 10.2. The number of carbonyl (C=O) groups is 2. The van der Waals surface area contributed by atoms with Gasteiger partial charge in [-0.2, -0.15) is 0 Å². The van der Waals surface area contributed by atoms with Crippen LogP contribution >= 0.6 is 0 Å². The summed E-state index contributed by atoms with van der Waals surface area (Å²) in [6, 6.07) is 14.1. The van der Waals surface area contributed by atoms with Crippen LogP contribution < -0.4 is 4.74 Å². The summed E-state index contributed by atoms with van der Waals surface area (Å²) in [4.78, 5) is 23.3. The molecular weight excluding hydrogens is 364 g/mol. The van der Waals surface area contributed by atoms with Crippen LogP contribution in [0.25, 0.3) is 11.1 Å². The molecule has 1 aliphatic rings. The Bertz CT molecular complexity index is 817. The molecule has 29 heavy (non-hydrogen) atoms. The number of benzene rings is 2. The number of hydrogen-bond donors (Lipinski definition) is 0. The van der Waals surface area contributed by atoms with Gasteiger partial charge in [0.1, 0.15) is 5.75 Å². The molecule has 1 fully saturated rings. The molecule has 154 valence electrons. The van der Waals surface area contributed by atoms with Crippen molar-refractivity contribution in [3.8, 4) is 16.9 Å². The van der Waals surface area contributed by atoms with E-state index in [2.05, 4.69) is 31.2 Å². The minimum atomic E-state index is -0.0988. The molecule has 4 nitrogen and oxygen atoms in total. The lowest BCUT2D eigenvalue weighted by atomic mass is 9.82. The van der Waals surface area contributed by atoms with Crippen molar-refractivity contribution in [2.45, 2.75) is 45.4 Å². The second-order valence-corrected chi connectivity index (χ2v) is 7.87. The normalized spacial score (nSPS) is 18.8. The van der Waals surface area contributed by atoms with Crippen LogP contribution in [0.1, 0.15) is 54.9 Å². The fourth-order valence-electron chi connectivity index (χ4n) is 4.08. The van der Waals surface area contributed by atoms with Crippen molar-refractivity contribution in [2.24, 2.45) is 11.8 Å². The van der Waals surface area contributed by atoms with Gasteiger partial charge in [-0.3, -0.25) is 9.59 Å². The van der Waals surface area contributed by atoms with Gasteiger partial charge in [0.05, 0.1) is 19.6 Å². The van der Waals surface area contributed by atoms with Gasteiger partial charge in [-0.1, -0.05) is 37.6 Å². The zero-order valence-corrected chi connectivity index (χ0v) is 17.4. The van der Waals surface area contributed by atoms with Crippen LogP contribution in [-0.4, -0.2) is 26.0 Å². The van der Waals surface area contributed by atoms with E-state index in [0.717, 1.165) is 55.9 Å². The smallest absolute Gasteiger partial charge is 0.308 e. The molecule has 0 saturated heterocycles. The summed E-state index contributed by atoms with van der Waals surface area (Å²) in [5.74, 6) is 1.08. The molecule has 0 radical (unpaired) electrons. The molecule has 0 atom stereocenters. The Morgan fingerprint density at radius 1 is 1.07 bits per heavy atom. The van der Waals surface area contributed by atoms with E-state index in [1.54, 1.807) is 0 Å². The second-order valence-electron chi connectivity index (χ2n) is 7.87. The average Bonchev–Trinajstić information content (AvgIpc) is 2.78. The number of ether oxygens (including phenoxy) is 2. The molecule has 4 heteroatoms. The summed E-state index contributed by atoms with van der Waals surface area (Å²) < 4.78 is 10.8. The highest BCUT2D eigenvalue weighted by Gasteiger charge is 2.27. The first kappa shape index (κ1) is 21.1. The van der Waals surface area contributed by atoms with Crippen LogP contribution in [0.5, 0.6) is 5.75 Å². The van der Waals surface area contributed by atoms with Gasteiger partial charge in [0.15, 0.2) is 6.29 Å². The maximum atomic E-state index is 11.7. The van der Waals surface area contributed by atoms with Crippen molar-refractivity contribution < 1.29 is 19.1 Å². The highest BCUT2D eigenvalue weighted by atomic mass is 16.5. The first-order chi connectivity index (χ1) is 14.1. The van der Waals surface area contributed by atoms with E-state index in [0.29, 0.717) is 23.8 Å². The lowest BCUT2D eigenvalue weighted by Crippen LogP contribution is -2.25. The zero-order chi connectivity index (χ0) is 20.6. The molecule has 0 aliphatic heterocycles. The summed E-state index contributed by atoms with van der Waals surface area (Å²) in [7, 11) is 1.45. The number of aryl methyl sites for hydroxylation is 1. The van der Waals surface area contributed by atoms with Gasteiger partial charge in [-0.05, 0) is 72.9 Å².